The Morgan fingerprint density at radius 1 is 1.30 bits per heavy atom. The van der Waals surface area contributed by atoms with E-state index in [1.165, 1.54) is 0 Å². The summed E-state index contributed by atoms with van der Waals surface area (Å²) in [5, 5.41) is 0. The molecule has 2 rings (SSSR count). The van der Waals surface area contributed by atoms with E-state index in [1.807, 2.05) is 30.7 Å². The summed E-state index contributed by atoms with van der Waals surface area (Å²) in [6, 6.07) is 4.23. The zero-order valence-corrected chi connectivity index (χ0v) is 13.2. The molecule has 1 aliphatic rings. The van der Waals surface area contributed by atoms with Crippen molar-refractivity contribution in [2.24, 2.45) is 23.0 Å². The Hall–Kier alpha value is -1.29. The second-order valence-electron chi connectivity index (χ2n) is 6.83. The first-order valence-corrected chi connectivity index (χ1v) is 7.46. The molecule has 0 aliphatic heterocycles. The Kier molecular flexibility index (Phi) is 3.96. The summed E-state index contributed by atoms with van der Waals surface area (Å²) in [4.78, 5) is 12.7. The fraction of sp³-hybridized carbons (Fsp3) is 0.688. The second kappa shape index (κ2) is 5.24. The van der Waals surface area contributed by atoms with Crippen LogP contribution in [0.25, 0.3) is 0 Å². The van der Waals surface area contributed by atoms with Crippen LogP contribution in [0.4, 0.5) is 0 Å². The van der Waals surface area contributed by atoms with Crippen LogP contribution in [0.5, 0.6) is 0 Å². The average Bonchev–Trinajstić information content (AvgIpc) is 2.68. The maximum Gasteiger partial charge on any atom is 0.242 e. The van der Waals surface area contributed by atoms with Crippen molar-refractivity contribution in [1.29, 1.82) is 0 Å². The van der Waals surface area contributed by atoms with E-state index in [1.54, 1.807) is 0 Å². The van der Waals surface area contributed by atoms with Crippen molar-refractivity contribution in [2.75, 3.05) is 5.43 Å². The molecule has 0 bridgehead atoms. The summed E-state index contributed by atoms with van der Waals surface area (Å²) < 4.78 is 1.87. The third-order valence-electron chi connectivity index (χ3n) is 5.31. The molecule has 3 unspecified atom stereocenters. The van der Waals surface area contributed by atoms with Gasteiger partial charge >= 0.3 is 0 Å². The molecule has 4 nitrogen and oxygen atoms in total. The van der Waals surface area contributed by atoms with Gasteiger partial charge in [0.2, 0.25) is 5.91 Å². The number of nitrogens with two attached hydrogens (primary N) is 1. The summed E-state index contributed by atoms with van der Waals surface area (Å²) in [5.74, 6) is 0.466. The molecule has 112 valence electrons. The molecule has 0 saturated heterocycles. The van der Waals surface area contributed by atoms with Crippen molar-refractivity contribution in [3.8, 4) is 0 Å². The van der Waals surface area contributed by atoms with Crippen LogP contribution >= 0.6 is 0 Å². The highest BCUT2D eigenvalue weighted by atomic mass is 16.2. The highest BCUT2D eigenvalue weighted by Crippen LogP contribution is 2.44. The molecule has 1 saturated carbocycles. The van der Waals surface area contributed by atoms with E-state index < -0.39 is 0 Å². The van der Waals surface area contributed by atoms with Gasteiger partial charge in [-0.05, 0) is 50.2 Å². The Labute approximate surface area is 121 Å². The van der Waals surface area contributed by atoms with Crippen LogP contribution in [0.1, 0.15) is 45.0 Å². The molecule has 1 fully saturated rings. The van der Waals surface area contributed by atoms with Gasteiger partial charge in [-0.2, -0.15) is 0 Å². The van der Waals surface area contributed by atoms with Crippen molar-refractivity contribution in [2.45, 2.75) is 53.5 Å². The van der Waals surface area contributed by atoms with Crippen molar-refractivity contribution in [3.05, 3.63) is 23.5 Å². The third kappa shape index (κ3) is 2.49. The third-order valence-corrected chi connectivity index (χ3v) is 5.31. The lowest BCUT2D eigenvalue weighted by Crippen LogP contribution is -2.51. The summed E-state index contributed by atoms with van der Waals surface area (Å²) in [5.41, 5.74) is 11.2. The van der Waals surface area contributed by atoms with Gasteiger partial charge in [0, 0.05) is 23.3 Å². The Morgan fingerprint density at radius 2 is 1.85 bits per heavy atom. The standard InChI is InChI=1S/C16H27N3O/c1-10-6-7-11(2)19(10)18-15(20)13-8-9-14(17)12(3)16(13,4)5/h6-7,12-14H,8-9,17H2,1-5H3,(H,18,20). The van der Waals surface area contributed by atoms with Crippen molar-refractivity contribution in [1.82, 2.24) is 4.68 Å². The number of aryl methyl sites for hydroxylation is 2. The van der Waals surface area contributed by atoms with Gasteiger partial charge in [-0.15, -0.1) is 0 Å². The molecule has 1 aromatic heterocycles. The molecule has 3 atom stereocenters. The van der Waals surface area contributed by atoms with Crippen LogP contribution in [0, 0.1) is 31.1 Å². The van der Waals surface area contributed by atoms with Crippen LogP contribution in [0.15, 0.2) is 12.1 Å². The minimum absolute atomic E-state index is 0.0125. The zero-order chi connectivity index (χ0) is 15.1. The fourth-order valence-corrected chi connectivity index (χ4v) is 3.35. The van der Waals surface area contributed by atoms with Gasteiger partial charge in [-0.1, -0.05) is 20.8 Å². The van der Waals surface area contributed by atoms with E-state index in [2.05, 4.69) is 26.2 Å². The Balaban J connectivity index is 2.17. The van der Waals surface area contributed by atoms with Gasteiger partial charge in [-0.3, -0.25) is 14.9 Å². The van der Waals surface area contributed by atoms with Crippen molar-refractivity contribution >= 4 is 5.91 Å². The lowest BCUT2D eigenvalue weighted by Gasteiger charge is -2.46. The number of carbonyl (C=O) groups excluding carboxylic acids is 1. The number of nitrogens with zero attached hydrogens (tertiary/aromatic N) is 1. The first-order chi connectivity index (χ1) is 9.25. The minimum Gasteiger partial charge on any atom is -0.327 e. The fourth-order valence-electron chi connectivity index (χ4n) is 3.35. The molecule has 1 amide bonds. The van der Waals surface area contributed by atoms with E-state index >= 15 is 0 Å². The number of hydrogen-bond donors (Lipinski definition) is 2. The summed E-state index contributed by atoms with van der Waals surface area (Å²) in [7, 11) is 0. The van der Waals surface area contributed by atoms with E-state index in [-0.39, 0.29) is 23.3 Å². The highest BCUT2D eigenvalue weighted by Gasteiger charge is 2.45. The first kappa shape index (κ1) is 15.1. The smallest absolute Gasteiger partial charge is 0.242 e. The largest absolute Gasteiger partial charge is 0.327 e. The molecule has 1 heterocycles. The van der Waals surface area contributed by atoms with Crippen LogP contribution in [0.2, 0.25) is 0 Å². The van der Waals surface area contributed by atoms with Crippen LogP contribution < -0.4 is 11.2 Å². The predicted octanol–water partition coefficient (Wildman–Crippen LogP) is 2.57. The number of aromatic nitrogens is 1. The summed E-state index contributed by atoms with van der Waals surface area (Å²) >= 11 is 0. The highest BCUT2D eigenvalue weighted by molar-refractivity contribution is 5.87. The zero-order valence-electron chi connectivity index (χ0n) is 13.2. The number of hydrogen-bond acceptors (Lipinski definition) is 2. The molecule has 3 N–H and O–H groups in total. The number of amides is 1. The SMILES string of the molecule is Cc1ccc(C)n1NC(=O)C1CCC(N)C(C)C1(C)C. The van der Waals surface area contributed by atoms with E-state index in [0.717, 1.165) is 24.2 Å². The van der Waals surface area contributed by atoms with Gasteiger partial charge < -0.3 is 5.73 Å². The quantitative estimate of drug-likeness (QED) is 0.873. The summed E-state index contributed by atoms with van der Waals surface area (Å²) in [6.45, 7) is 10.5. The van der Waals surface area contributed by atoms with Crippen molar-refractivity contribution in [3.63, 3.8) is 0 Å². The van der Waals surface area contributed by atoms with E-state index in [4.69, 9.17) is 5.73 Å². The lowest BCUT2D eigenvalue weighted by atomic mass is 9.61. The molecule has 0 spiro atoms. The molecular formula is C16H27N3O. The van der Waals surface area contributed by atoms with Gasteiger partial charge in [-0.25, -0.2) is 0 Å². The van der Waals surface area contributed by atoms with Crippen LogP contribution in [-0.2, 0) is 4.79 Å². The molecule has 4 heteroatoms. The maximum absolute atomic E-state index is 12.7. The second-order valence-corrected chi connectivity index (χ2v) is 6.83. The molecule has 0 aromatic carbocycles. The van der Waals surface area contributed by atoms with E-state index in [9.17, 15) is 4.79 Å². The average molecular weight is 277 g/mol. The minimum atomic E-state index is -0.0727. The van der Waals surface area contributed by atoms with Gasteiger partial charge in [0.1, 0.15) is 0 Å². The van der Waals surface area contributed by atoms with Gasteiger partial charge in [0.15, 0.2) is 0 Å². The molecule has 0 radical (unpaired) electrons. The lowest BCUT2D eigenvalue weighted by molar-refractivity contribution is -0.128. The number of carbonyl (C=O) groups is 1. The monoisotopic (exact) mass is 277 g/mol. The predicted molar refractivity (Wildman–Crippen MR) is 81.9 cm³/mol. The van der Waals surface area contributed by atoms with Crippen LogP contribution in [-0.4, -0.2) is 16.6 Å². The maximum atomic E-state index is 12.7. The molecular weight excluding hydrogens is 250 g/mol. The summed E-state index contributed by atoms with van der Waals surface area (Å²) in [6.07, 6.45) is 1.79. The van der Waals surface area contributed by atoms with Gasteiger partial charge in [0.05, 0.1) is 0 Å². The molecule has 1 aromatic rings. The number of nitrogens with one attached hydrogen (secondary N) is 1. The Morgan fingerprint density at radius 3 is 2.40 bits per heavy atom. The molecule has 1 aliphatic carbocycles. The first-order valence-electron chi connectivity index (χ1n) is 7.46. The normalized spacial score (nSPS) is 29.2. The Bertz CT molecular complexity index is 484. The molecule has 20 heavy (non-hydrogen) atoms. The van der Waals surface area contributed by atoms with Crippen molar-refractivity contribution < 1.29 is 4.79 Å². The number of rotatable bonds is 2. The van der Waals surface area contributed by atoms with E-state index in [0.29, 0.717) is 5.92 Å². The topological polar surface area (TPSA) is 60.0 Å². The van der Waals surface area contributed by atoms with Crippen LogP contribution in [0.3, 0.4) is 0 Å². The van der Waals surface area contributed by atoms with Gasteiger partial charge in [0.25, 0.3) is 0 Å².